The van der Waals surface area contributed by atoms with Gasteiger partial charge < -0.3 is 18.9 Å². The molecule has 2 saturated heterocycles. The highest BCUT2D eigenvalue weighted by atomic mass is 16.8. The van der Waals surface area contributed by atoms with Crippen LogP contribution in [-0.2, 0) is 35.1 Å². The lowest BCUT2D eigenvalue weighted by Crippen LogP contribution is -2.44. The van der Waals surface area contributed by atoms with Crippen LogP contribution in [0.2, 0.25) is 0 Å². The van der Waals surface area contributed by atoms with Gasteiger partial charge in [-0.1, -0.05) is 30.3 Å². The number of carbonyl (C=O) groups is 2. The fourth-order valence-corrected chi connectivity index (χ4v) is 4.31. The Morgan fingerprint density at radius 3 is 1.86 bits per heavy atom. The first-order valence-electron chi connectivity index (χ1n) is 10.3. The Morgan fingerprint density at radius 1 is 0.931 bits per heavy atom. The van der Waals surface area contributed by atoms with Crippen LogP contribution in [-0.4, -0.2) is 60.1 Å². The van der Waals surface area contributed by atoms with E-state index in [4.69, 9.17) is 18.9 Å². The van der Waals surface area contributed by atoms with Crippen LogP contribution in [0.15, 0.2) is 30.3 Å². The van der Waals surface area contributed by atoms with Crippen molar-refractivity contribution in [3.8, 4) is 0 Å². The molecule has 0 N–H and O–H groups in total. The molecule has 2 aliphatic heterocycles. The van der Waals surface area contributed by atoms with E-state index in [1.165, 1.54) is 0 Å². The van der Waals surface area contributed by atoms with Gasteiger partial charge in [0.15, 0.2) is 5.79 Å². The molecule has 29 heavy (non-hydrogen) atoms. The van der Waals surface area contributed by atoms with E-state index in [1.54, 1.807) is 13.8 Å². The third-order valence-corrected chi connectivity index (χ3v) is 5.34. The Hall–Kier alpha value is -1.96. The molecule has 0 aliphatic carbocycles. The van der Waals surface area contributed by atoms with Crippen molar-refractivity contribution in [1.82, 2.24) is 4.90 Å². The summed E-state index contributed by atoms with van der Waals surface area (Å²) < 4.78 is 22.8. The Bertz CT molecular complexity index is 669. The fourth-order valence-electron chi connectivity index (χ4n) is 4.31. The van der Waals surface area contributed by atoms with Crippen molar-refractivity contribution in [2.24, 2.45) is 0 Å². The number of nitrogens with zero attached hydrogens (tertiary/aromatic N) is 1. The molecule has 1 aromatic rings. The van der Waals surface area contributed by atoms with Crippen molar-refractivity contribution in [3.05, 3.63) is 35.9 Å². The van der Waals surface area contributed by atoms with Gasteiger partial charge in [0.25, 0.3) is 0 Å². The van der Waals surface area contributed by atoms with Crippen molar-refractivity contribution in [3.63, 3.8) is 0 Å². The van der Waals surface area contributed by atoms with Crippen LogP contribution in [0.25, 0.3) is 0 Å². The Labute approximate surface area is 172 Å². The SMILES string of the molecule is CCOC(=O)C[C@@H]1[C@@H]2OC(C)(C)O[C@@H]2[C@@H](CC(=O)OCC)N1Cc1ccccc1. The summed E-state index contributed by atoms with van der Waals surface area (Å²) in [5.74, 6) is -1.33. The summed E-state index contributed by atoms with van der Waals surface area (Å²) in [5.41, 5.74) is 1.09. The smallest absolute Gasteiger partial charge is 0.307 e. The minimum atomic E-state index is -0.770. The Balaban J connectivity index is 1.90. The van der Waals surface area contributed by atoms with E-state index in [0.29, 0.717) is 19.8 Å². The van der Waals surface area contributed by atoms with Crippen molar-refractivity contribution in [2.45, 2.75) is 77.2 Å². The summed E-state index contributed by atoms with van der Waals surface area (Å²) >= 11 is 0. The van der Waals surface area contributed by atoms with Gasteiger partial charge in [-0.25, -0.2) is 0 Å². The van der Waals surface area contributed by atoms with Gasteiger partial charge in [-0.2, -0.15) is 0 Å². The van der Waals surface area contributed by atoms with E-state index in [1.807, 2.05) is 44.2 Å². The minimum absolute atomic E-state index is 0.181. The van der Waals surface area contributed by atoms with E-state index in [9.17, 15) is 9.59 Å². The second kappa shape index (κ2) is 9.24. The summed E-state index contributed by atoms with van der Waals surface area (Å²) in [4.78, 5) is 26.8. The first kappa shape index (κ1) is 21.7. The largest absolute Gasteiger partial charge is 0.466 e. The van der Waals surface area contributed by atoms with E-state index < -0.39 is 5.79 Å². The zero-order valence-corrected chi connectivity index (χ0v) is 17.6. The second-order valence-electron chi connectivity index (χ2n) is 7.88. The molecule has 0 saturated carbocycles. The number of carbonyl (C=O) groups excluding carboxylic acids is 2. The number of rotatable bonds is 8. The Kier molecular flexibility index (Phi) is 6.93. The highest BCUT2D eigenvalue weighted by Crippen LogP contribution is 2.43. The van der Waals surface area contributed by atoms with Crippen molar-refractivity contribution < 1.29 is 28.5 Å². The number of esters is 2. The number of benzene rings is 1. The number of ether oxygens (including phenoxy) is 4. The maximum atomic E-state index is 12.3. The Morgan fingerprint density at radius 2 is 1.41 bits per heavy atom. The molecule has 2 fully saturated rings. The average Bonchev–Trinajstić information content (AvgIpc) is 3.10. The van der Waals surface area contributed by atoms with Crippen LogP contribution < -0.4 is 0 Å². The van der Waals surface area contributed by atoms with E-state index >= 15 is 0 Å². The highest BCUT2D eigenvalue weighted by Gasteiger charge is 2.58. The maximum Gasteiger partial charge on any atom is 0.307 e. The topological polar surface area (TPSA) is 74.3 Å². The molecule has 3 rings (SSSR count). The lowest BCUT2D eigenvalue weighted by Gasteiger charge is -2.33. The summed E-state index contributed by atoms with van der Waals surface area (Å²) in [6, 6.07) is 9.47. The van der Waals surface area contributed by atoms with Gasteiger partial charge in [0.1, 0.15) is 12.2 Å². The molecule has 0 amide bonds. The van der Waals surface area contributed by atoms with Crippen molar-refractivity contribution in [1.29, 1.82) is 0 Å². The number of fused-ring (bicyclic) bond motifs is 1. The number of hydrogen-bond donors (Lipinski definition) is 0. The van der Waals surface area contributed by atoms with Crippen LogP contribution >= 0.6 is 0 Å². The van der Waals surface area contributed by atoms with Crippen LogP contribution in [0.4, 0.5) is 0 Å². The lowest BCUT2D eigenvalue weighted by atomic mass is 10.0. The monoisotopic (exact) mass is 405 g/mol. The standard InChI is InChI=1S/C22H31NO6/c1-5-26-18(24)12-16-20-21(29-22(3,4)28-20)17(13-19(25)27-6-2)23(16)14-15-10-8-7-9-11-15/h7-11,16-17,20-21H,5-6,12-14H2,1-4H3/t16-,17-,20-,21+/m1/s1. The normalized spacial score (nSPS) is 28.1. The van der Waals surface area contributed by atoms with Gasteiger partial charge in [0, 0.05) is 18.6 Å². The molecule has 7 heteroatoms. The number of hydrogen-bond acceptors (Lipinski definition) is 7. The van der Waals surface area contributed by atoms with Crippen molar-refractivity contribution in [2.75, 3.05) is 13.2 Å². The molecular formula is C22H31NO6. The molecular weight excluding hydrogens is 374 g/mol. The molecule has 0 unspecified atom stereocenters. The van der Waals surface area contributed by atoms with Gasteiger partial charge >= 0.3 is 11.9 Å². The molecule has 160 valence electrons. The summed E-state index contributed by atoms with van der Waals surface area (Å²) in [6.07, 6.45) is -0.281. The first-order valence-corrected chi connectivity index (χ1v) is 10.3. The van der Waals surface area contributed by atoms with Crippen molar-refractivity contribution >= 4 is 11.9 Å². The van der Waals surface area contributed by atoms with E-state index in [0.717, 1.165) is 5.56 Å². The van der Waals surface area contributed by atoms with Gasteiger partial charge in [-0.15, -0.1) is 0 Å². The molecule has 0 aromatic heterocycles. The zero-order chi connectivity index (χ0) is 21.0. The van der Waals surface area contributed by atoms with Gasteiger partial charge in [0.05, 0.1) is 26.1 Å². The predicted molar refractivity (Wildman–Crippen MR) is 106 cm³/mol. The molecule has 1 aromatic carbocycles. The summed E-state index contributed by atoms with van der Waals surface area (Å²) in [6.45, 7) is 8.53. The van der Waals surface area contributed by atoms with Gasteiger partial charge in [0.2, 0.25) is 0 Å². The molecule has 2 aliphatic rings. The molecule has 0 spiro atoms. The van der Waals surface area contributed by atoms with Crippen LogP contribution in [0, 0.1) is 0 Å². The summed E-state index contributed by atoms with van der Waals surface area (Å²) in [5, 5.41) is 0. The van der Waals surface area contributed by atoms with Crippen LogP contribution in [0.3, 0.4) is 0 Å². The zero-order valence-electron chi connectivity index (χ0n) is 17.6. The van der Waals surface area contributed by atoms with Crippen LogP contribution in [0.5, 0.6) is 0 Å². The lowest BCUT2D eigenvalue weighted by molar-refractivity contribution is -0.174. The highest BCUT2D eigenvalue weighted by molar-refractivity contribution is 5.71. The maximum absolute atomic E-state index is 12.3. The second-order valence-corrected chi connectivity index (χ2v) is 7.88. The van der Waals surface area contributed by atoms with Gasteiger partial charge in [-0.3, -0.25) is 14.5 Å². The molecule has 2 heterocycles. The summed E-state index contributed by atoms with van der Waals surface area (Å²) in [7, 11) is 0. The third kappa shape index (κ3) is 5.15. The molecule has 7 nitrogen and oxygen atoms in total. The minimum Gasteiger partial charge on any atom is -0.466 e. The quantitative estimate of drug-likeness (QED) is 0.616. The molecule has 0 bridgehead atoms. The predicted octanol–water partition coefficient (Wildman–Crippen LogP) is 2.67. The van der Waals surface area contributed by atoms with E-state index in [2.05, 4.69) is 4.90 Å². The number of likely N-dealkylation sites (tertiary alicyclic amines) is 1. The molecule has 4 atom stereocenters. The first-order chi connectivity index (χ1) is 13.8. The van der Waals surface area contributed by atoms with Crippen LogP contribution in [0.1, 0.15) is 46.1 Å². The average molecular weight is 405 g/mol. The fraction of sp³-hybridized carbons (Fsp3) is 0.636. The van der Waals surface area contributed by atoms with Gasteiger partial charge in [-0.05, 0) is 33.3 Å². The molecule has 0 radical (unpaired) electrons. The van der Waals surface area contributed by atoms with E-state index in [-0.39, 0.29) is 49.1 Å². The third-order valence-electron chi connectivity index (χ3n) is 5.34.